The molecule has 1 atom stereocenters. The highest BCUT2D eigenvalue weighted by molar-refractivity contribution is 5.93. The van der Waals surface area contributed by atoms with E-state index in [1.807, 2.05) is 23.0 Å². The van der Waals surface area contributed by atoms with Crippen LogP contribution in [0.3, 0.4) is 0 Å². The Balaban J connectivity index is 1.76. The summed E-state index contributed by atoms with van der Waals surface area (Å²) in [4.78, 5) is 0. The van der Waals surface area contributed by atoms with Gasteiger partial charge in [-0.1, -0.05) is 0 Å². The van der Waals surface area contributed by atoms with Crippen LogP contribution in [-0.4, -0.2) is 39.2 Å². The van der Waals surface area contributed by atoms with Crippen LogP contribution in [-0.2, 0) is 6.54 Å². The van der Waals surface area contributed by atoms with Crippen LogP contribution < -0.4 is 10.1 Å². The highest BCUT2D eigenvalue weighted by Gasteiger charge is 2.13. The first-order valence-electron chi connectivity index (χ1n) is 8.18. The first-order valence-corrected chi connectivity index (χ1v) is 8.18. The second-order valence-electron chi connectivity index (χ2n) is 6.09. The third-order valence-electron chi connectivity index (χ3n) is 4.25. The molecular weight excluding hydrogens is 290 g/mol. The van der Waals surface area contributed by atoms with Crippen molar-refractivity contribution in [3.63, 3.8) is 0 Å². The molecule has 4 rings (SSSR count). The van der Waals surface area contributed by atoms with Gasteiger partial charge in [-0.3, -0.25) is 9.78 Å². The van der Waals surface area contributed by atoms with E-state index in [2.05, 4.69) is 39.8 Å². The quantitative estimate of drug-likeness (QED) is 0.669. The zero-order chi connectivity index (χ0) is 15.6. The number of nitrogens with one attached hydrogen (secondary N) is 2. The average molecular weight is 311 g/mol. The fraction of sp³-hybridized carbons (Fsp3) is 0.412. The first-order chi connectivity index (χ1) is 11.3. The second-order valence-corrected chi connectivity index (χ2v) is 6.09. The van der Waals surface area contributed by atoms with Gasteiger partial charge < -0.3 is 10.1 Å². The molecule has 120 valence electrons. The smallest absolute Gasteiger partial charge is 0.120 e. The Morgan fingerprint density at radius 2 is 2.26 bits per heavy atom. The summed E-state index contributed by atoms with van der Waals surface area (Å²) < 4.78 is 8.04. The van der Waals surface area contributed by atoms with Crippen molar-refractivity contribution in [2.45, 2.75) is 32.4 Å². The fourth-order valence-electron chi connectivity index (χ4n) is 2.98. The second kappa shape index (κ2) is 6.04. The molecule has 1 aliphatic heterocycles. The number of fused-ring (bicyclic) bond motifs is 4. The van der Waals surface area contributed by atoms with Crippen molar-refractivity contribution in [1.29, 1.82) is 0 Å². The molecule has 0 aliphatic carbocycles. The van der Waals surface area contributed by atoms with Crippen molar-refractivity contribution in [3.8, 4) is 17.0 Å². The molecule has 3 aromatic rings. The van der Waals surface area contributed by atoms with Gasteiger partial charge in [-0.05, 0) is 51.1 Å². The average Bonchev–Trinajstić information content (AvgIpc) is 3.16. The Bertz CT molecular complexity index is 806. The highest BCUT2D eigenvalue weighted by Crippen LogP contribution is 2.29. The molecule has 0 saturated carbocycles. The van der Waals surface area contributed by atoms with Crippen LogP contribution in [0.4, 0.5) is 0 Å². The molecule has 0 fully saturated rings. The molecule has 23 heavy (non-hydrogen) atoms. The standard InChI is InChI=1S/C17H21N5O/c1-12-5-7-18-6-2-8-22-11-13(10-19-22)17-15-9-14(23-12)3-4-16(15)20-21-17/h3-4,9-12,18H,2,5-8H2,1H3,(H,20,21)/t12-/m1/s1. The zero-order valence-electron chi connectivity index (χ0n) is 13.2. The number of nitrogens with zero attached hydrogens (tertiary/aromatic N) is 3. The molecule has 1 aliphatic rings. The minimum Gasteiger partial charge on any atom is -0.491 e. The van der Waals surface area contributed by atoms with Crippen molar-refractivity contribution in [2.24, 2.45) is 0 Å². The van der Waals surface area contributed by atoms with E-state index in [1.54, 1.807) is 0 Å². The number of rotatable bonds is 0. The molecule has 1 aromatic carbocycles. The number of aromatic amines is 1. The van der Waals surface area contributed by atoms with Gasteiger partial charge in [-0.2, -0.15) is 10.2 Å². The predicted molar refractivity (Wildman–Crippen MR) is 89.5 cm³/mol. The Morgan fingerprint density at radius 3 is 3.22 bits per heavy atom. The number of ether oxygens (including phenoxy) is 1. The summed E-state index contributed by atoms with van der Waals surface area (Å²) in [5.74, 6) is 0.884. The normalized spacial score (nSPS) is 19.3. The highest BCUT2D eigenvalue weighted by atomic mass is 16.5. The molecular formula is C17H21N5O. The molecule has 0 spiro atoms. The third kappa shape index (κ3) is 2.94. The van der Waals surface area contributed by atoms with Crippen LogP contribution in [0.15, 0.2) is 30.6 Å². The summed E-state index contributed by atoms with van der Waals surface area (Å²) >= 11 is 0. The number of hydrogen-bond acceptors (Lipinski definition) is 4. The van der Waals surface area contributed by atoms with Crippen molar-refractivity contribution >= 4 is 10.9 Å². The van der Waals surface area contributed by atoms with Gasteiger partial charge in [0, 0.05) is 23.7 Å². The Hall–Kier alpha value is -2.34. The molecule has 4 bridgehead atoms. The summed E-state index contributed by atoms with van der Waals surface area (Å²) in [6, 6.07) is 6.08. The maximum atomic E-state index is 6.05. The van der Waals surface area contributed by atoms with Gasteiger partial charge in [-0.15, -0.1) is 0 Å². The summed E-state index contributed by atoms with van der Waals surface area (Å²) in [6.07, 6.45) is 6.17. The maximum Gasteiger partial charge on any atom is 0.120 e. The lowest BCUT2D eigenvalue weighted by Gasteiger charge is -2.15. The van der Waals surface area contributed by atoms with Gasteiger partial charge in [0.2, 0.25) is 0 Å². The van der Waals surface area contributed by atoms with Gasteiger partial charge in [0.1, 0.15) is 11.4 Å². The van der Waals surface area contributed by atoms with E-state index in [4.69, 9.17) is 4.74 Å². The van der Waals surface area contributed by atoms with Gasteiger partial charge in [0.25, 0.3) is 0 Å². The van der Waals surface area contributed by atoms with E-state index in [-0.39, 0.29) is 6.10 Å². The topological polar surface area (TPSA) is 67.8 Å². The Morgan fingerprint density at radius 1 is 1.30 bits per heavy atom. The third-order valence-corrected chi connectivity index (χ3v) is 4.25. The number of H-pyrrole nitrogens is 1. The molecule has 2 N–H and O–H groups in total. The van der Waals surface area contributed by atoms with Gasteiger partial charge >= 0.3 is 0 Å². The van der Waals surface area contributed by atoms with E-state index in [1.165, 1.54) is 0 Å². The maximum absolute atomic E-state index is 6.05. The van der Waals surface area contributed by atoms with Crippen molar-refractivity contribution in [2.75, 3.05) is 13.1 Å². The van der Waals surface area contributed by atoms with Gasteiger partial charge in [0.05, 0.1) is 17.8 Å². The summed E-state index contributed by atoms with van der Waals surface area (Å²) in [7, 11) is 0. The van der Waals surface area contributed by atoms with E-state index < -0.39 is 0 Å². The SMILES string of the molecule is C[C@@H]1CCNCCCn2cc(cn2)-c2n[nH]c3ccc(cc23)O1. The van der Waals surface area contributed by atoms with E-state index in [0.29, 0.717) is 0 Å². The van der Waals surface area contributed by atoms with Crippen molar-refractivity contribution in [1.82, 2.24) is 25.3 Å². The molecule has 0 amide bonds. The number of hydrogen-bond donors (Lipinski definition) is 2. The lowest BCUT2D eigenvalue weighted by atomic mass is 10.1. The predicted octanol–water partition coefficient (Wildman–Crippen LogP) is 2.58. The van der Waals surface area contributed by atoms with Gasteiger partial charge in [0.15, 0.2) is 0 Å². The van der Waals surface area contributed by atoms with Crippen LogP contribution in [0, 0.1) is 0 Å². The van der Waals surface area contributed by atoms with Crippen LogP contribution >= 0.6 is 0 Å². The molecule has 0 saturated heterocycles. The van der Waals surface area contributed by atoms with Crippen molar-refractivity contribution in [3.05, 3.63) is 30.6 Å². The van der Waals surface area contributed by atoms with Crippen LogP contribution in [0.2, 0.25) is 0 Å². The molecule has 6 nitrogen and oxygen atoms in total. The molecule has 2 aromatic heterocycles. The minimum atomic E-state index is 0.182. The van der Waals surface area contributed by atoms with Gasteiger partial charge in [-0.25, -0.2) is 0 Å². The lowest BCUT2D eigenvalue weighted by molar-refractivity contribution is 0.210. The Kier molecular flexibility index (Phi) is 3.75. The van der Waals surface area contributed by atoms with E-state index in [9.17, 15) is 0 Å². The Labute approximate surface area is 134 Å². The summed E-state index contributed by atoms with van der Waals surface area (Å²) in [6.45, 7) is 4.97. The van der Waals surface area contributed by atoms with Crippen LogP contribution in [0.5, 0.6) is 5.75 Å². The molecule has 0 unspecified atom stereocenters. The van der Waals surface area contributed by atoms with E-state index in [0.717, 1.165) is 60.4 Å². The van der Waals surface area contributed by atoms with Crippen LogP contribution in [0.25, 0.3) is 22.2 Å². The number of benzene rings is 1. The van der Waals surface area contributed by atoms with Crippen LogP contribution in [0.1, 0.15) is 19.8 Å². The largest absolute Gasteiger partial charge is 0.491 e. The lowest BCUT2D eigenvalue weighted by Crippen LogP contribution is -2.23. The molecule has 3 heterocycles. The zero-order valence-corrected chi connectivity index (χ0v) is 13.2. The monoisotopic (exact) mass is 311 g/mol. The molecule has 6 heteroatoms. The minimum absolute atomic E-state index is 0.182. The number of aryl methyl sites for hydroxylation is 1. The summed E-state index contributed by atoms with van der Waals surface area (Å²) in [5, 5.41) is 16.5. The first kappa shape index (κ1) is 14.3. The molecule has 0 radical (unpaired) electrons. The summed E-state index contributed by atoms with van der Waals surface area (Å²) in [5.41, 5.74) is 2.97. The fourth-order valence-corrected chi connectivity index (χ4v) is 2.98. The van der Waals surface area contributed by atoms with Crippen molar-refractivity contribution < 1.29 is 4.74 Å². The number of aromatic nitrogens is 4. The van der Waals surface area contributed by atoms with E-state index >= 15 is 0 Å².